The Morgan fingerprint density at radius 1 is 1.28 bits per heavy atom. The fraction of sp³-hybridized carbons (Fsp3) is 0.238. The molecule has 0 saturated heterocycles. The molecule has 0 fully saturated rings. The Balaban J connectivity index is 1.48. The number of rotatable bonds is 6. The lowest BCUT2D eigenvalue weighted by molar-refractivity contribution is 0.357. The summed E-state index contributed by atoms with van der Waals surface area (Å²) >= 11 is 0. The summed E-state index contributed by atoms with van der Waals surface area (Å²) in [5.74, 6) is 2.94. The zero-order valence-electron chi connectivity index (χ0n) is 16.1. The van der Waals surface area contributed by atoms with E-state index in [-0.39, 0.29) is 0 Å². The number of aromatic nitrogens is 6. The summed E-state index contributed by atoms with van der Waals surface area (Å²) in [7, 11) is 0. The zero-order valence-corrected chi connectivity index (χ0v) is 16.1. The molecule has 4 aromatic rings. The van der Waals surface area contributed by atoms with Crippen molar-refractivity contribution in [2.24, 2.45) is 0 Å². The highest BCUT2D eigenvalue weighted by atomic mass is 16.5. The van der Waals surface area contributed by atoms with Gasteiger partial charge in [-0.05, 0) is 36.8 Å². The Bertz CT molecular complexity index is 1170. The minimum atomic E-state index is 0.485. The summed E-state index contributed by atoms with van der Waals surface area (Å²) in [6, 6.07) is 9.82. The fourth-order valence-electron chi connectivity index (χ4n) is 3.41. The van der Waals surface area contributed by atoms with Crippen LogP contribution in [-0.2, 0) is 19.5 Å². The van der Waals surface area contributed by atoms with Gasteiger partial charge < -0.3 is 9.26 Å². The van der Waals surface area contributed by atoms with Crippen LogP contribution < -0.4 is 4.74 Å². The summed E-state index contributed by atoms with van der Waals surface area (Å²) in [6.07, 6.45) is 4.52. The molecule has 0 N–H and O–H groups in total. The molecular formula is C21H20N6O2. The molecule has 0 atom stereocenters. The molecule has 0 unspecified atom stereocenters. The van der Waals surface area contributed by atoms with Crippen LogP contribution in [0.4, 0.5) is 0 Å². The minimum absolute atomic E-state index is 0.485. The predicted octanol–water partition coefficient (Wildman–Crippen LogP) is 3.36. The first-order valence-electron chi connectivity index (χ1n) is 9.44. The van der Waals surface area contributed by atoms with Gasteiger partial charge in [0.1, 0.15) is 12.3 Å². The summed E-state index contributed by atoms with van der Waals surface area (Å²) in [5, 5.41) is 13.1. The molecule has 8 heteroatoms. The number of ether oxygens (including phenoxy) is 1. The van der Waals surface area contributed by atoms with Gasteiger partial charge in [-0.3, -0.25) is 4.68 Å². The van der Waals surface area contributed by atoms with Gasteiger partial charge in [0.05, 0.1) is 13.2 Å². The molecule has 0 radical (unpaired) electrons. The van der Waals surface area contributed by atoms with E-state index < -0.39 is 0 Å². The minimum Gasteiger partial charge on any atom is -0.493 e. The predicted molar refractivity (Wildman–Crippen MR) is 106 cm³/mol. The molecule has 0 bridgehead atoms. The molecule has 5 rings (SSSR count). The highest BCUT2D eigenvalue weighted by Gasteiger charge is 2.19. The standard InChI is InChI=1S/C21H20N6O2/c1-14(2)12-27-21(23-20(24-27)13-26-8-3-7-22-26)17-11-19(29-25-17)15-4-5-18-16(10-15)6-9-28-18/h3-5,7-8,10-11H,1,6,9,12-13H2,2H3. The van der Waals surface area contributed by atoms with Gasteiger partial charge in [-0.25, -0.2) is 9.67 Å². The second-order valence-electron chi connectivity index (χ2n) is 7.17. The summed E-state index contributed by atoms with van der Waals surface area (Å²) in [4.78, 5) is 4.68. The van der Waals surface area contributed by atoms with Crippen molar-refractivity contribution >= 4 is 0 Å². The molecule has 29 heavy (non-hydrogen) atoms. The van der Waals surface area contributed by atoms with E-state index >= 15 is 0 Å². The van der Waals surface area contributed by atoms with Crippen LogP contribution in [0.5, 0.6) is 5.75 Å². The van der Waals surface area contributed by atoms with Crippen LogP contribution in [0.2, 0.25) is 0 Å². The highest BCUT2D eigenvalue weighted by Crippen LogP contribution is 2.32. The maximum absolute atomic E-state index is 5.63. The van der Waals surface area contributed by atoms with Gasteiger partial charge in [0.25, 0.3) is 0 Å². The Kier molecular flexibility index (Phi) is 4.23. The first-order valence-corrected chi connectivity index (χ1v) is 9.44. The maximum atomic E-state index is 5.63. The van der Waals surface area contributed by atoms with Gasteiger partial charge in [0.2, 0.25) is 0 Å². The van der Waals surface area contributed by atoms with Crippen molar-refractivity contribution in [2.75, 3.05) is 6.61 Å². The maximum Gasteiger partial charge on any atom is 0.181 e. The Morgan fingerprint density at radius 3 is 3.03 bits per heavy atom. The number of hydrogen-bond acceptors (Lipinski definition) is 6. The summed E-state index contributed by atoms with van der Waals surface area (Å²) < 4.78 is 14.8. The summed E-state index contributed by atoms with van der Waals surface area (Å²) in [5.41, 5.74) is 3.77. The first kappa shape index (κ1) is 17.4. The molecule has 0 spiro atoms. The third-order valence-corrected chi connectivity index (χ3v) is 4.71. The molecular weight excluding hydrogens is 368 g/mol. The van der Waals surface area contributed by atoms with Crippen LogP contribution in [-0.4, -0.2) is 36.3 Å². The van der Waals surface area contributed by atoms with Crippen molar-refractivity contribution < 1.29 is 9.26 Å². The van der Waals surface area contributed by atoms with Crippen molar-refractivity contribution in [3.05, 3.63) is 66.3 Å². The molecule has 8 nitrogen and oxygen atoms in total. The van der Waals surface area contributed by atoms with E-state index in [1.165, 1.54) is 5.56 Å². The van der Waals surface area contributed by atoms with Crippen LogP contribution >= 0.6 is 0 Å². The number of nitrogens with zero attached hydrogens (tertiary/aromatic N) is 6. The Morgan fingerprint density at radius 2 is 2.21 bits per heavy atom. The lowest BCUT2D eigenvalue weighted by Gasteiger charge is -2.02. The lowest BCUT2D eigenvalue weighted by atomic mass is 10.1. The molecule has 3 aromatic heterocycles. The van der Waals surface area contributed by atoms with Crippen LogP contribution in [0, 0.1) is 0 Å². The molecule has 146 valence electrons. The normalized spacial score (nSPS) is 12.7. The monoisotopic (exact) mass is 388 g/mol. The average Bonchev–Trinajstić information content (AvgIpc) is 3.48. The SMILES string of the molecule is C=C(C)Cn1nc(Cn2cccn2)nc1-c1cc(-c2ccc3c(c2)CCO3)on1. The van der Waals surface area contributed by atoms with Crippen LogP contribution in [0.25, 0.3) is 22.8 Å². The van der Waals surface area contributed by atoms with Crippen LogP contribution in [0.1, 0.15) is 18.3 Å². The van der Waals surface area contributed by atoms with Crippen molar-refractivity contribution in [1.29, 1.82) is 0 Å². The molecule has 1 aliphatic rings. The van der Waals surface area contributed by atoms with Crippen molar-refractivity contribution in [3.8, 4) is 28.6 Å². The number of benzene rings is 1. The topological polar surface area (TPSA) is 83.8 Å². The largest absolute Gasteiger partial charge is 0.493 e. The van der Waals surface area contributed by atoms with E-state index in [2.05, 4.69) is 33.0 Å². The van der Waals surface area contributed by atoms with E-state index in [1.807, 2.05) is 37.4 Å². The smallest absolute Gasteiger partial charge is 0.181 e. The van der Waals surface area contributed by atoms with Gasteiger partial charge in [-0.1, -0.05) is 17.3 Å². The van der Waals surface area contributed by atoms with Gasteiger partial charge in [0.15, 0.2) is 23.1 Å². The first-order chi connectivity index (χ1) is 14.2. The Hall–Kier alpha value is -3.68. The van der Waals surface area contributed by atoms with Gasteiger partial charge >= 0.3 is 0 Å². The lowest BCUT2D eigenvalue weighted by Crippen LogP contribution is -2.05. The van der Waals surface area contributed by atoms with E-state index in [9.17, 15) is 0 Å². The molecule has 4 heterocycles. The second kappa shape index (κ2) is 7.05. The quantitative estimate of drug-likeness (QED) is 0.471. The summed E-state index contributed by atoms with van der Waals surface area (Å²) in [6.45, 7) is 7.72. The van der Waals surface area contributed by atoms with Crippen LogP contribution in [0.3, 0.4) is 0 Å². The third kappa shape index (κ3) is 3.44. The molecule has 0 aliphatic carbocycles. The number of fused-ring (bicyclic) bond motifs is 1. The third-order valence-electron chi connectivity index (χ3n) is 4.71. The van der Waals surface area contributed by atoms with Crippen molar-refractivity contribution in [3.63, 3.8) is 0 Å². The van der Waals surface area contributed by atoms with Gasteiger partial charge in [-0.2, -0.15) is 10.2 Å². The molecule has 0 saturated carbocycles. The number of allylic oxidation sites excluding steroid dienone is 1. The molecule has 0 amide bonds. The van der Waals surface area contributed by atoms with E-state index in [0.29, 0.717) is 36.2 Å². The Labute approximate surface area is 167 Å². The van der Waals surface area contributed by atoms with E-state index in [4.69, 9.17) is 9.26 Å². The van der Waals surface area contributed by atoms with Crippen molar-refractivity contribution in [1.82, 2.24) is 29.7 Å². The molecule has 1 aromatic carbocycles. The number of hydrogen-bond donors (Lipinski definition) is 0. The van der Waals surface area contributed by atoms with Crippen molar-refractivity contribution in [2.45, 2.75) is 26.4 Å². The average molecular weight is 388 g/mol. The van der Waals surface area contributed by atoms with Gasteiger partial charge in [-0.15, -0.1) is 0 Å². The zero-order chi connectivity index (χ0) is 19.8. The van der Waals surface area contributed by atoms with E-state index in [0.717, 1.165) is 29.9 Å². The highest BCUT2D eigenvalue weighted by molar-refractivity contribution is 5.65. The fourth-order valence-corrected chi connectivity index (χ4v) is 3.41. The molecule has 1 aliphatic heterocycles. The van der Waals surface area contributed by atoms with Gasteiger partial charge in [0, 0.05) is 30.4 Å². The van der Waals surface area contributed by atoms with Crippen LogP contribution in [0.15, 0.2) is 59.4 Å². The second-order valence-corrected chi connectivity index (χ2v) is 7.17. The van der Waals surface area contributed by atoms with E-state index in [1.54, 1.807) is 15.6 Å².